The maximum absolute atomic E-state index is 11.7. The number of carbonyl (C=O) groups is 1. The van der Waals surface area contributed by atoms with Gasteiger partial charge < -0.3 is 14.2 Å². The highest BCUT2D eigenvalue weighted by Crippen LogP contribution is 2.28. The van der Waals surface area contributed by atoms with Crippen LogP contribution in [0.2, 0.25) is 0 Å². The largest absolute Gasteiger partial charge is 0.440 e. The molecule has 1 fully saturated rings. The standard InChI is InChI=1S/C17H23N3O2/c1-19(2)16(21)9-11-20-10-5-6-13(12-20)17-18-14-7-3-4-8-15(14)22-17/h3-4,7-8,13H,5-6,9-12H2,1-2H3. The van der Waals surface area contributed by atoms with Gasteiger partial charge >= 0.3 is 0 Å². The van der Waals surface area contributed by atoms with E-state index < -0.39 is 0 Å². The summed E-state index contributed by atoms with van der Waals surface area (Å²) in [7, 11) is 3.61. The van der Waals surface area contributed by atoms with Crippen molar-refractivity contribution in [3.8, 4) is 0 Å². The molecule has 2 heterocycles. The molecule has 0 radical (unpaired) electrons. The van der Waals surface area contributed by atoms with Gasteiger partial charge in [-0.1, -0.05) is 12.1 Å². The number of hydrogen-bond donors (Lipinski definition) is 0. The van der Waals surface area contributed by atoms with Gasteiger partial charge in [-0.25, -0.2) is 4.98 Å². The summed E-state index contributed by atoms with van der Waals surface area (Å²) in [6.45, 7) is 2.79. The summed E-state index contributed by atoms with van der Waals surface area (Å²) in [5.74, 6) is 1.35. The molecule has 5 nitrogen and oxygen atoms in total. The number of fused-ring (bicyclic) bond motifs is 1. The first-order chi connectivity index (χ1) is 10.6. The Kier molecular flexibility index (Phi) is 4.43. The average molecular weight is 301 g/mol. The van der Waals surface area contributed by atoms with Gasteiger partial charge in [0.1, 0.15) is 5.52 Å². The van der Waals surface area contributed by atoms with Crippen LogP contribution >= 0.6 is 0 Å². The molecule has 1 atom stereocenters. The second kappa shape index (κ2) is 6.48. The van der Waals surface area contributed by atoms with E-state index in [9.17, 15) is 4.79 Å². The predicted molar refractivity (Wildman–Crippen MR) is 85.7 cm³/mol. The average Bonchev–Trinajstić information content (AvgIpc) is 2.97. The van der Waals surface area contributed by atoms with Gasteiger partial charge in [-0.15, -0.1) is 0 Å². The Bertz CT molecular complexity index is 617. The van der Waals surface area contributed by atoms with Gasteiger partial charge in [0.25, 0.3) is 0 Å². The Morgan fingerprint density at radius 2 is 2.23 bits per heavy atom. The number of hydrogen-bond acceptors (Lipinski definition) is 4. The van der Waals surface area contributed by atoms with Crippen LogP contribution in [0.5, 0.6) is 0 Å². The Morgan fingerprint density at radius 1 is 1.41 bits per heavy atom. The van der Waals surface area contributed by atoms with Crippen LogP contribution in [0.25, 0.3) is 11.1 Å². The van der Waals surface area contributed by atoms with E-state index >= 15 is 0 Å². The van der Waals surface area contributed by atoms with Crippen molar-refractivity contribution in [2.24, 2.45) is 0 Å². The lowest BCUT2D eigenvalue weighted by molar-refractivity contribution is -0.129. The van der Waals surface area contributed by atoms with E-state index in [1.54, 1.807) is 19.0 Å². The molecule has 3 rings (SSSR count). The van der Waals surface area contributed by atoms with Gasteiger partial charge in [-0.2, -0.15) is 0 Å². The van der Waals surface area contributed by atoms with Crippen molar-refractivity contribution < 1.29 is 9.21 Å². The summed E-state index contributed by atoms with van der Waals surface area (Å²) in [4.78, 5) is 20.4. The quantitative estimate of drug-likeness (QED) is 0.870. The highest BCUT2D eigenvalue weighted by atomic mass is 16.3. The maximum atomic E-state index is 11.7. The molecule has 1 aromatic carbocycles. The van der Waals surface area contributed by atoms with Crippen LogP contribution in [-0.2, 0) is 4.79 Å². The Balaban J connectivity index is 1.64. The first kappa shape index (κ1) is 15.0. The van der Waals surface area contributed by atoms with Crippen molar-refractivity contribution in [3.63, 3.8) is 0 Å². The van der Waals surface area contributed by atoms with Gasteiger partial charge in [0.15, 0.2) is 11.5 Å². The van der Waals surface area contributed by atoms with Crippen molar-refractivity contribution in [1.29, 1.82) is 0 Å². The minimum Gasteiger partial charge on any atom is -0.440 e. The molecule has 0 aliphatic carbocycles. The fraction of sp³-hybridized carbons (Fsp3) is 0.529. The Labute approximate surface area is 130 Å². The lowest BCUT2D eigenvalue weighted by atomic mass is 9.98. The molecule has 0 saturated carbocycles. The molecule has 1 unspecified atom stereocenters. The summed E-state index contributed by atoms with van der Waals surface area (Å²) in [5, 5.41) is 0. The molecule has 0 spiro atoms. The van der Waals surface area contributed by atoms with Gasteiger partial charge in [-0.3, -0.25) is 4.79 Å². The van der Waals surface area contributed by atoms with E-state index in [-0.39, 0.29) is 5.91 Å². The van der Waals surface area contributed by atoms with E-state index in [1.165, 1.54) is 0 Å². The highest BCUT2D eigenvalue weighted by molar-refractivity contribution is 5.75. The number of carbonyl (C=O) groups excluding carboxylic acids is 1. The van der Waals surface area contributed by atoms with Gasteiger partial charge in [0.05, 0.1) is 0 Å². The van der Waals surface area contributed by atoms with Crippen molar-refractivity contribution in [2.75, 3.05) is 33.7 Å². The van der Waals surface area contributed by atoms with Crippen LogP contribution < -0.4 is 0 Å². The molecule has 2 aromatic rings. The summed E-state index contributed by atoms with van der Waals surface area (Å²) in [5.41, 5.74) is 1.79. The zero-order valence-electron chi connectivity index (χ0n) is 13.3. The van der Waals surface area contributed by atoms with Crippen LogP contribution in [0, 0.1) is 0 Å². The molecular formula is C17H23N3O2. The first-order valence-electron chi connectivity index (χ1n) is 7.91. The number of rotatable bonds is 4. The fourth-order valence-corrected chi connectivity index (χ4v) is 3.00. The zero-order chi connectivity index (χ0) is 15.5. The summed E-state index contributed by atoms with van der Waals surface area (Å²) >= 11 is 0. The molecule has 1 saturated heterocycles. The smallest absolute Gasteiger partial charge is 0.223 e. The maximum Gasteiger partial charge on any atom is 0.223 e. The van der Waals surface area contributed by atoms with Crippen molar-refractivity contribution in [2.45, 2.75) is 25.2 Å². The molecular weight excluding hydrogens is 278 g/mol. The number of nitrogens with zero attached hydrogens (tertiary/aromatic N) is 3. The van der Waals surface area contributed by atoms with Crippen LogP contribution in [0.1, 0.15) is 31.1 Å². The molecule has 118 valence electrons. The third kappa shape index (κ3) is 3.30. The monoisotopic (exact) mass is 301 g/mol. The molecule has 1 aliphatic rings. The third-order valence-electron chi connectivity index (χ3n) is 4.31. The van der Waals surface area contributed by atoms with E-state index in [2.05, 4.69) is 9.88 Å². The second-order valence-electron chi connectivity index (χ2n) is 6.20. The summed E-state index contributed by atoms with van der Waals surface area (Å²) in [6, 6.07) is 7.90. The first-order valence-corrected chi connectivity index (χ1v) is 7.91. The van der Waals surface area contributed by atoms with Crippen molar-refractivity contribution in [3.05, 3.63) is 30.2 Å². The number of para-hydroxylation sites is 2. The number of oxazole rings is 1. The van der Waals surface area contributed by atoms with Gasteiger partial charge in [0.2, 0.25) is 5.91 Å². The minimum absolute atomic E-state index is 0.184. The fourth-order valence-electron chi connectivity index (χ4n) is 3.00. The minimum atomic E-state index is 0.184. The molecule has 1 aromatic heterocycles. The molecule has 0 bridgehead atoms. The van der Waals surface area contributed by atoms with Gasteiger partial charge in [0, 0.05) is 39.5 Å². The molecule has 1 aliphatic heterocycles. The Morgan fingerprint density at radius 3 is 3.00 bits per heavy atom. The molecule has 22 heavy (non-hydrogen) atoms. The highest BCUT2D eigenvalue weighted by Gasteiger charge is 2.25. The number of likely N-dealkylation sites (tertiary alicyclic amines) is 1. The second-order valence-corrected chi connectivity index (χ2v) is 6.20. The van der Waals surface area contributed by atoms with E-state index in [4.69, 9.17) is 4.42 Å². The van der Waals surface area contributed by atoms with E-state index in [0.29, 0.717) is 12.3 Å². The number of aromatic nitrogens is 1. The molecule has 0 N–H and O–H groups in total. The number of benzene rings is 1. The Hall–Kier alpha value is -1.88. The van der Waals surface area contributed by atoms with Crippen LogP contribution in [0.3, 0.4) is 0 Å². The lowest BCUT2D eigenvalue weighted by Crippen LogP contribution is -2.37. The molecule has 1 amide bonds. The summed E-state index contributed by atoms with van der Waals surface area (Å²) in [6.07, 6.45) is 2.80. The van der Waals surface area contributed by atoms with Crippen molar-refractivity contribution in [1.82, 2.24) is 14.8 Å². The summed E-state index contributed by atoms with van der Waals surface area (Å²) < 4.78 is 5.91. The lowest BCUT2D eigenvalue weighted by Gasteiger charge is -2.31. The van der Waals surface area contributed by atoms with Crippen LogP contribution in [-0.4, -0.2) is 54.4 Å². The van der Waals surface area contributed by atoms with Crippen LogP contribution in [0.15, 0.2) is 28.7 Å². The molecule has 5 heteroatoms. The van der Waals surface area contributed by atoms with Gasteiger partial charge in [-0.05, 0) is 31.5 Å². The van der Waals surface area contributed by atoms with Crippen molar-refractivity contribution >= 4 is 17.0 Å². The number of amides is 1. The number of piperidine rings is 1. The van der Waals surface area contributed by atoms with E-state index in [1.807, 2.05) is 24.3 Å². The van der Waals surface area contributed by atoms with Crippen LogP contribution in [0.4, 0.5) is 0 Å². The normalized spacial score (nSPS) is 19.5. The SMILES string of the molecule is CN(C)C(=O)CCN1CCCC(c2nc3ccccc3o2)C1. The van der Waals surface area contributed by atoms with E-state index in [0.717, 1.165) is 49.5 Å². The predicted octanol–water partition coefficient (Wildman–Crippen LogP) is 2.49. The topological polar surface area (TPSA) is 49.6 Å². The zero-order valence-corrected chi connectivity index (χ0v) is 13.3. The third-order valence-corrected chi connectivity index (χ3v) is 4.31.